The Kier molecular flexibility index (Phi) is 6.46. The van der Waals surface area contributed by atoms with E-state index in [1.165, 1.54) is 6.08 Å². The zero-order valence-corrected chi connectivity index (χ0v) is 15.0. The van der Waals surface area contributed by atoms with Gasteiger partial charge in [-0.2, -0.15) is 0 Å². The van der Waals surface area contributed by atoms with Gasteiger partial charge >= 0.3 is 5.97 Å². The highest BCUT2D eigenvalue weighted by Crippen LogP contribution is 2.27. The van der Waals surface area contributed by atoms with E-state index in [2.05, 4.69) is 51.0 Å². The van der Waals surface area contributed by atoms with Gasteiger partial charge in [-0.25, -0.2) is 9.59 Å². The Balaban J connectivity index is 5.81. The Morgan fingerprint density at radius 2 is 1.53 bits per heavy atom. The molecular weight excluding hydrogens is 272 g/mol. The summed E-state index contributed by atoms with van der Waals surface area (Å²) in [5, 5.41) is 1.61. The predicted molar refractivity (Wildman–Crippen MR) is 84.1 cm³/mol. The van der Waals surface area contributed by atoms with Crippen LogP contribution >= 0.6 is 0 Å². The lowest BCUT2D eigenvalue weighted by molar-refractivity contribution is -0.137. The summed E-state index contributed by atoms with van der Waals surface area (Å²) in [6.07, 6.45) is 1.30. The average molecular weight is 297 g/mol. The van der Waals surface area contributed by atoms with Gasteiger partial charge in [-0.15, -0.1) is 5.73 Å². The molecule has 0 saturated heterocycles. The van der Waals surface area contributed by atoms with Crippen LogP contribution in [0.4, 0.5) is 0 Å². The van der Waals surface area contributed by atoms with Crippen LogP contribution < -0.4 is 0 Å². The first kappa shape index (κ1) is 17.9. The van der Waals surface area contributed by atoms with E-state index >= 15 is 0 Å². The van der Waals surface area contributed by atoms with Crippen LogP contribution in [0.2, 0.25) is 39.3 Å². The molecule has 0 saturated carbocycles. The first-order valence-electron chi connectivity index (χ1n) is 6.44. The molecule has 0 aliphatic heterocycles. The van der Waals surface area contributed by atoms with Gasteiger partial charge in [0, 0.05) is 5.20 Å². The molecule has 0 heterocycles. The second kappa shape index (κ2) is 6.87. The van der Waals surface area contributed by atoms with E-state index in [1.54, 1.807) is 6.92 Å². The predicted octanol–water partition coefficient (Wildman–Crippen LogP) is 3.14. The van der Waals surface area contributed by atoms with Crippen LogP contribution in [-0.2, 0) is 14.3 Å². The van der Waals surface area contributed by atoms with Gasteiger partial charge < -0.3 is 4.74 Å². The van der Waals surface area contributed by atoms with E-state index in [0.29, 0.717) is 6.61 Å². The maximum Gasteiger partial charge on any atom is 0.338 e. The number of carbonyl (C=O) groups is 1. The molecule has 0 aromatic carbocycles. The van der Waals surface area contributed by atoms with E-state index < -0.39 is 22.1 Å². The SMILES string of the molecule is CCOC(=O)C=C=C(C(=C=O)[Si](C)(C)C)[Si](C)(C)C. The van der Waals surface area contributed by atoms with E-state index in [1.807, 2.05) is 0 Å². The van der Waals surface area contributed by atoms with Crippen LogP contribution in [0.5, 0.6) is 0 Å². The van der Waals surface area contributed by atoms with Crippen LogP contribution in [-0.4, -0.2) is 34.7 Å². The molecule has 3 nitrogen and oxygen atoms in total. The summed E-state index contributed by atoms with van der Waals surface area (Å²) >= 11 is 0. The fourth-order valence-corrected chi connectivity index (χ4v) is 6.24. The van der Waals surface area contributed by atoms with Gasteiger partial charge in [-0.3, -0.25) is 0 Å². The minimum Gasteiger partial charge on any atom is -0.462 e. The Morgan fingerprint density at radius 3 is 1.84 bits per heavy atom. The summed E-state index contributed by atoms with van der Waals surface area (Å²) in [4.78, 5) is 22.7. The van der Waals surface area contributed by atoms with Gasteiger partial charge in [0.2, 0.25) is 0 Å². The molecule has 0 fully saturated rings. The fourth-order valence-electron chi connectivity index (χ4n) is 1.56. The van der Waals surface area contributed by atoms with Crippen LogP contribution in [0.25, 0.3) is 0 Å². The number of esters is 1. The third-order valence-corrected chi connectivity index (χ3v) is 6.47. The summed E-state index contributed by atoms with van der Waals surface area (Å²) in [5.41, 5.74) is 3.02. The maximum absolute atomic E-state index is 11.4. The molecule has 0 radical (unpaired) electrons. The lowest BCUT2D eigenvalue weighted by atomic mass is 10.5. The van der Waals surface area contributed by atoms with Crippen LogP contribution in [0.1, 0.15) is 6.92 Å². The largest absolute Gasteiger partial charge is 0.462 e. The highest BCUT2D eigenvalue weighted by Gasteiger charge is 2.31. The van der Waals surface area contributed by atoms with Crippen LogP contribution in [0.15, 0.2) is 22.2 Å². The molecule has 0 amide bonds. The Hall–Kier alpha value is -1.13. The quantitative estimate of drug-likeness (QED) is 0.195. The summed E-state index contributed by atoms with van der Waals surface area (Å²) in [6, 6.07) is 0. The van der Waals surface area contributed by atoms with Crippen molar-refractivity contribution in [1.82, 2.24) is 0 Å². The van der Waals surface area contributed by atoms with Gasteiger partial charge in [0.25, 0.3) is 0 Å². The number of hydrogen-bond acceptors (Lipinski definition) is 3. The molecule has 0 bridgehead atoms. The monoisotopic (exact) mass is 296 g/mol. The van der Waals surface area contributed by atoms with Crippen molar-refractivity contribution in [3.05, 3.63) is 22.2 Å². The van der Waals surface area contributed by atoms with Gasteiger partial charge in [-0.05, 0) is 12.1 Å². The molecule has 0 spiro atoms. The van der Waals surface area contributed by atoms with Crippen molar-refractivity contribution in [2.45, 2.75) is 46.2 Å². The number of hydrogen-bond donors (Lipinski definition) is 0. The van der Waals surface area contributed by atoms with Crippen LogP contribution in [0.3, 0.4) is 0 Å². The molecule has 106 valence electrons. The summed E-state index contributed by atoms with van der Waals surface area (Å²) in [6.45, 7) is 14.8. The standard InChI is InChI=1S/C14H24O3Si2/c1-8-17-14(16)10-9-12(18(2,3)4)13(11-15)19(5,6)7/h10H,8H2,1-7H3. The lowest BCUT2D eigenvalue weighted by Gasteiger charge is -2.26. The van der Waals surface area contributed by atoms with Crippen LogP contribution in [0, 0.1) is 0 Å². The molecule has 0 aliphatic carbocycles. The smallest absolute Gasteiger partial charge is 0.338 e. The van der Waals surface area contributed by atoms with Crippen molar-refractivity contribution in [2.75, 3.05) is 6.61 Å². The van der Waals surface area contributed by atoms with E-state index in [-0.39, 0.29) is 0 Å². The summed E-state index contributed by atoms with van der Waals surface area (Å²) < 4.78 is 4.85. The van der Waals surface area contributed by atoms with Crippen molar-refractivity contribution in [3.63, 3.8) is 0 Å². The molecule has 0 aromatic rings. The number of carbonyl (C=O) groups excluding carboxylic acids is 2. The first-order valence-corrected chi connectivity index (χ1v) is 13.4. The highest BCUT2D eigenvalue weighted by molar-refractivity contribution is 6.92. The topological polar surface area (TPSA) is 43.4 Å². The van der Waals surface area contributed by atoms with Gasteiger partial charge in [-0.1, -0.05) is 39.3 Å². The Bertz CT molecular complexity index is 452. The molecule has 0 aliphatic rings. The van der Waals surface area contributed by atoms with Crippen molar-refractivity contribution in [2.24, 2.45) is 0 Å². The average Bonchev–Trinajstić information content (AvgIpc) is 2.20. The van der Waals surface area contributed by atoms with Gasteiger partial charge in [0.05, 0.1) is 28.8 Å². The Morgan fingerprint density at radius 1 is 1.05 bits per heavy atom. The second-order valence-electron chi connectivity index (χ2n) is 6.39. The number of allylic oxidation sites excluding steroid dienone is 1. The molecule has 19 heavy (non-hydrogen) atoms. The van der Waals surface area contributed by atoms with Crippen molar-refractivity contribution in [1.29, 1.82) is 0 Å². The third kappa shape index (κ3) is 6.03. The fraction of sp³-hybridized carbons (Fsp3) is 0.571. The zero-order valence-electron chi connectivity index (χ0n) is 13.0. The number of rotatable bonds is 5. The summed E-state index contributed by atoms with van der Waals surface area (Å²) in [7, 11) is -3.56. The molecule has 0 rings (SSSR count). The van der Waals surface area contributed by atoms with E-state index in [0.717, 1.165) is 10.4 Å². The molecule has 0 atom stereocenters. The molecule has 5 heteroatoms. The van der Waals surface area contributed by atoms with E-state index in [9.17, 15) is 9.59 Å². The molecule has 0 N–H and O–H groups in total. The summed E-state index contributed by atoms with van der Waals surface area (Å²) in [5.74, 6) is 1.68. The minimum atomic E-state index is -1.79. The van der Waals surface area contributed by atoms with Gasteiger partial charge in [0.1, 0.15) is 5.94 Å². The highest BCUT2D eigenvalue weighted by atomic mass is 28.3. The van der Waals surface area contributed by atoms with Crippen molar-refractivity contribution in [3.8, 4) is 0 Å². The van der Waals surface area contributed by atoms with Gasteiger partial charge in [0.15, 0.2) is 0 Å². The zero-order chi connectivity index (χ0) is 15.3. The molecular formula is C14H24O3Si2. The van der Waals surface area contributed by atoms with Crippen molar-refractivity contribution < 1.29 is 14.3 Å². The molecule has 0 aromatic heterocycles. The number of ether oxygens (including phenoxy) is 1. The van der Waals surface area contributed by atoms with E-state index in [4.69, 9.17) is 4.74 Å². The first-order chi connectivity index (χ1) is 8.54. The maximum atomic E-state index is 11.4. The normalized spacial score (nSPS) is 11.1. The molecule has 0 unspecified atom stereocenters. The second-order valence-corrected chi connectivity index (χ2v) is 16.4. The van der Waals surface area contributed by atoms with Crippen molar-refractivity contribution >= 4 is 28.1 Å². The minimum absolute atomic E-state index is 0.337. The Labute approximate surface area is 118 Å². The lowest BCUT2D eigenvalue weighted by Crippen LogP contribution is -2.35. The third-order valence-electron chi connectivity index (χ3n) is 2.47.